The molecule has 0 spiro atoms. The average molecular weight is 553 g/mol. The molecule has 3 heterocycles. The van der Waals surface area contributed by atoms with E-state index in [0.29, 0.717) is 41.4 Å². The highest BCUT2D eigenvalue weighted by Crippen LogP contribution is 2.40. The Morgan fingerprint density at radius 3 is 2.61 bits per heavy atom. The molecule has 3 aliphatic rings. The van der Waals surface area contributed by atoms with Gasteiger partial charge in [-0.2, -0.15) is 5.26 Å². The smallest absolute Gasteiger partial charge is 0.255 e. The van der Waals surface area contributed by atoms with E-state index in [1.165, 1.54) is 0 Å². The van der Waals surface area contributed by atoms with Crippen molar-refractivity contribution in [2.24, 2.45) is 0 Å². The molecular weight excluding hydrogens is 523 g/mol. The molecule has 1 atom stereocenters. The molecule has 0 radical (unpaired) electrons. The van der Waals surface area contributed by atoms with Crippen LogP contribution in [0, 0.1) is 11.3 Å². The van der Waals surface area contributed by atoms with Crippen molar-refractivity contribution in [2.45, 2.75) is 62.9 Å². The maximum absolute atomic E-state index is 13.0. The van der Waals surface area contributed by atoms with Crippen molar-refractivity contribution in [1.29, 1.82) is 5.26 Å². The third-order valence-electron chi connectivity index (χ3n) is 8.22. The van der Waals surface area contributed by atoms with Crippen LogP contribution in [0.4, 0.5) is 0 Å². The minimum Gasteiger partial charge on any atom is -0.322 e. The molecule has 198 valence electrons. The molecule has 5 rings (SSSR count). The second-order valence-corrected chi connectivity index (χ2v) is 11.3. The van der Waals surface area contributed by atoms with Crippen molar-refractivity contribution in [3.8, 4) is 6.07 Å². The zero-order valence-corrected chi connectivity index (χ0v) is 22.7. The summed E-state index contributed by atoms with van der Waals surface area (Å²) in [6.07, 6.45) is 4.89. The molecule has 3 amide bonds. The molecule has 0 aromatic heterocycles. The van der Waals surface area contributed by atoms with Gasteiger partial charge >= 0.3 is 0 Å². The first kappa shape index (κ1) is 26.7. The molecule has 2 aromatic carbocycles. The van der Waals surface area contributed by atoms with Gasteiger partial charge < -0.3 is 9.80 Å². The van der Waals surface area contributed by atoms with E-state index < -0.39 is 11.5 Å². The van der Waals surface area contributed by atoms with Gasteiger partial charge in [0.15, 0.2) is 0 Å². The zero-order valence-electron chi connectivity index (χ0n) is 21.1. The fraction of sp³-hybridized carbons (Fsp3) is 0.448. The van der Waals surface area contributed by atoms with Crippen LogP contribution in [0.15, 0.2) is 36.4 Å². The number of nitrogens with one attached hydrogen (secondary N) is 1. The summed E-state index contributed by atoms with van der Waals surface area (Å²) in [6.45, 7) is 3.01. The molecule has 1 N–H and O–H groups in total. The number of nitrogens with zero attached hydrogens (tertiary/aromatic N) is 3. The maximum Gasteiger partial charge on any atom is 0.255 e. The van der Waals surface area contributed by atoms with Crippen LogP contribution < -0.4 is 5.32 Å². The molecule has 2 aromatic rings. The number of halogens is 2. The summed E-state index contributed by atoms with van der Waals surface area (Å²) in [4.78, 5) is 40.9. The Kier molecular flexibility index (Phi) is 7.76. The molecular formula is C29H30Cl2N4O3. The van der Waals surface area contributed by atoms with Gasteiger partial charge in [0.2, 0.25) is 11.8 Å². The number of hydrogen-bond donors (Lipinski definition) is 1. The highest BCUT2D eigenvalue weighted by atomic mass is 35.5. The first-order chi connectivity index (χ1) is 18.3. The highest BCUT2D eigenvalue weighted by molar-refractivity contribution is 6.33. The summed E-state index contributed by atoms with van der Waals surface area (Å²) in [6, 6.07) is 13.1. The van der Waals surface area contributed by atoms with E-state index in [-0.39, 0.29) is 24.1 Å². The third-order valence-corrected chi connectivity index (χ3v) is 8.78. The molecule has 0 bridgehead atoms. The first-order valence-corrected chi connectivity index (χ1v) is 13.9. The van der Waals surface area contributed by atoms with Crippen molar-refractivity contribution in [3.63, 3.8) is 0 Å². The van der Waals surface area contributed by atoms with E-state index in [9.17, 15) is 19.6 Å². The van der Waals surface area contributed by atoms with Crippen LogP contribution in [-0.2, 0) is 28.0 Å². The number of amides is 3. The van der Waals surface area contributed by atoms with E-state index in [1.807, 2.05) is 18.2 Å². The quantitative estimate of drug-likeness (QED) is 0.399. The number of imide groups is 1. The number of likely N-dealkylation sites (tertiary alicyclic amines) is 1. The normalized spacial score (nSPS) is 21.2. The van der Waals surface area contributed by atoms with Crippen LogP contribution in [0.2, 0.25) is 10.0 Å². The fourth-order valence-corrected chi connectivity index (χ4v) is 6.47. The van der Waals surface area contributed by atoms with Crippen LogP contribution in [-0.4, -0.2) is 53.2 Å². The van der Waals surface area contributed by atoms with Gasteiger partial charge in [-0.1, -0.05) is 35.3 Å². The van der Waals surface area contributed by atoms with Crippen molar-refractivity contribution < 1.29 is 14.4 Å². The SMILES string of the molecule is N#CC1(c2cc(Cl)ccc2Cl)CCN(CCCCc2cccc3c2CN(C2CCC(=O)NC2=O)C3=O)CC1. The Labute approximate surface area is 232 Å². The number of carbonyl (C=O) groups excluding carboxylic acids is 3. The van der Waals surface area contributed by atoms with E-state index >= 15 is 0 Å². The Balaban J connectivity index is 1.14. The molecule has 9 heteroatoms. The van der Waals surface area contributed by atoms with Crippen LogP contribution in [0.3, 0.4) is 0 Å². The average Bonchev–Trinajstić information content (AvgIpc) is 3.25. The number of unbranched alkanes of at least 4 members (excludes halogenated alkanes) is 1. The topological polar surface area (TPSA) is 93.5 Å². The van der Waals surface area contributed by atoms with Gasteiger partial charge in [0.05, 0.1) is 11.5 Å². The maximum atomic E-state index is 13.0. The second-order valence-electron chi connectivity index (χ2n) is 10.5. The van der Waals surface area contributed by atoms with Crippen molar-refractivity contribution in [2.75, 3.05) is 19.6 Å². The largest absolute Gasteiger partial charge is 0.322 e. The van der Waals surface area contributed by atoms with Gasteiger partial charge in [0.25, 0.3) is 5.91 Å². The van der Waals surface area contributed by atoms with Gasteiger partial charge in [0.1, 0.15) is 6.04 Å². The molecule has 0 aliphatic carbocycles. The number of fused-ring (bicyclic) bond motifs is 1. The Morgan fingerprint density at radius 2 is 1.87 bits per heavy atom. The highest BCUT2D eigenvalue weighted by Gasteiger charge is 2.40. The first-order valence-electron chi connectivity index (χ1n) is 13.2. The summed E-state index contributed by atoms with van der Waals surface area (Å²) in [5, 5.41) is 13.6. The van der Waals surface area contributed by atoms with Gasteiger partial charge in [-0.15, -0.1) is 0 Å². The Hall–Kier alpha value is -2.92. The van der Waals surface area contributed by atoms with Gasteiger partial charge in [0, 0.05) is 28.6 Å². The minimum absolute atomic E-state index is 0.134. The molecule has 38 heavy (non-hydrogen) atoms. The van der Waals surface area contributed by atoms with Gasteiger partial charge in [-0.3, -0.25) is 19.7 Å². The summed E-state index contributed by atoms with van der Waals surface area (Å²) in [5.74, 6) is -0.801. The van der Waals surface area contributed by atoms with Crippen LogP contribution >= 0.6 is 23.2 Å². The Morgan fingerprint density at radius 1 is 1.08 bits per heavy atom. The predicted molar refractivity (Wildman–Crippen MR) is 145 cm³/mol. The number of piperidine rings is 2. The molecule has 3 aliphatic heterocycles. The molecule has 1 unspecified atom stereocenters. The minimum atomic E-state index is -0.607. The lowest BCUT2D eigenvalue weighted by Crippen LogP contribution is -2.52. The lowest BCUT2D eigenvalue weighted by molar-refractivity contribution is -0.136. The van der Waals surface area contributed by atoms with Crippen LogP contribution in [0.1, 0.15) is 65.6 Å². The van der Waals surface area contributed by atoms with Crippen LogP contribution in [0.25, 0.3) is 0 Å². The third kappa shape index (κ3) is 5.18. The number of hydrogen-bond acceptors (Lipinski definition) is 5. The van der Waals surface area contributed by atoms with Crippen molar-refractivity contribution >= 4 is 40.9 Å². The zero-order chi connectivity index (χ0) is 26.9. The number of nitriles is 1. The molecule has 2 fully saturated rings. The summed E-state index contributed by atoms with van der Waals surface area (Å²) >= 11 is 12.6. The van der Waals surface area contributed by atoms with Crippen LogP contribution in [0.5, 0.6) is 0 Å². The number of aryl methyl sites for hydroxylation is 1. The van der Waals surface area contributed by atoms with E-state index in [4.69, 9.17) is 23.2 Å². The monoisotopic (exact) mass is 552 g/mol. The summed E-state index contributed by atoms with van der Waals surface area (Å²) in [5.41, 5.74) is 3.02. The van der Waals surface area contributed by atoms with Gasteiger partial charge in [-0.25, -0.2) is 0 Å². The lowest BCUT2D eigenvalue weighted by atomic mass is 9.74. The number of carbonyl (C=O) groups is 3. The Bertz CT molecular complexity index is 1310. The van der Waals surface area contributed by atoms with Crippen molar-refractivity contribution in [1.82, 2.24) is 15.1 Å². The lowest BCUT2D eigenvalue weighted by Gasteiger charge is -2.38. The standard InChI is InChI=1S/C29H30Cl2N4O3/c30-20-7-8-24(31)23(16-20)29(18-32)11-14-34(15-12-29)13-2-1-4-19-5-3-6-21-22(19)17-35(28(21)38)25-9-10-26(36)33-27(25)37/h3,5-8,16,25H,1-2,4,9-15,17H2,(H,33,36,37). The fourth-order valence-electron chi connectivity index (χ4n) is 6.00. The number of rotatable bonds is 7. The summed E-state index contributed by atoms with van der Waals surface area (Å²) < 4.78 is 0. The number of benzene rings is 2. The van der Waals surface area contributed by atoms with E-state index in [0.717, 1.165) is 55.6 Å². The predicted octanol–water partition coefficient (Wildman–Crippen LogP) is 4.63. The van der Waals surface area contributed by atoms with Gasteiger partial charge in [-0.05, 0) is 99.1 Å². The molecule has 7 nitrogen and oxygen atoms in total. The second kappa shape index (κ2) is 11.1. The molecule has 2 saturated heterocycles. The van der Waals surface area contributed by atoms with Crippen molar-refractivity contribution in [3.05, 3.63) is 68.7 Å². The van der Waals surface area contributed by atoms with E-state index in [2.05, 4.69) is 22.4 Å². The van der Waals surface area contributed by atoms with E-state index in [1.54, 1.807) is 17.0 Å². The molecule has 0 saturated carbocycles. The summed E-state index contributed by atoms with van der Waals surface area (Å²) in [7, 11) is 0.